The van der Waals surface area contributed by atoms with Gasteiger partial charge < -0.3 is 10.2 Å². The number of fused-ring (bicyclic) bond motifs is 1. The Morgan fingerprint density at radius 3 is 2.79 bits per heavy atom. The standard InChI is InChI=1S/C11H14N2O/c1-13(2)11(14)10-7-8-5-3-4-6-9(8)12-10/h3-6,10,12H,7H2,1-2H3. The summed E-state index contributed by atoms with van der Waals surface area (Å²) in [5, 5.41) is 3.22. The van der Waals surface area contributed by atoms with E-state index < -0.39 is 0 Å². The first-order valence-electron chi connectivity index (χ1n) is 4.74. The van der Waals surface area contributed by atoms with Gasteiger partial charge in [0.05, 0.1) is 0 Å². The molecule has 1 N–H and O–H groups in total. The van der Waals surface area contributed by atoms with E-state index in [-0.39, 0.29) is 11.9 Å². The molecule has 0 spiro atoms. The molecule has 1 aliphatic heterocycles. The topological polar surface area (TPSA) is 32.3 Å². The van der Waals surface area contributed by atoms with Gasteiger partial charge in [0.2, 0.25) is 5.91 Å². The van der Waals surface area contributed by atoms with Crippen LogP contribution in [0.4, 0.5) is 5.69 Å². The molecule has 2 rings (SSSR count). The minimum Gasteiger partial charge on any atom is -0.373 e. The van der Waals surface area contributed by atoms with Crippen LogP contribution in [0, 0.1) is 0 Å². The summed E-state index contributed by atoms with van der Waals surface area (Å²) in [7, 11) is 3.57. The van der Waals surface area contributed by atoms with Crippen molar-refractivity contribution in [3.8, 4) is 0 Å². The number of nitrogens with one attached hydrogen (secondary N) is 1. The fraction of sp³-hybridized carbons (Fsp3) is 0.364. The molecular formula is C11H14N2O. The zero-order chi connectivity index (χ0) is 10.1. The fourth-order valence-electron chi connectivity index (χ4n) is 1.76. The molecule has 1 atom stereocenters. The third kappa shape index (κ3) is 1.45. The molecule has 0 aliphatic carbocycles. The largest absolute Gasteiger partial charge is 0.373 e. The summed E-state index contributed by atoms with van der Waals surface area (Å²) >= 11 is 0. The third-order valence-corrected chi connectivity index (χ3v) is 2.51. The van der Waals surface area contributed by atoms with E-state index in [0.717, 1.165) is 12.1 Å². The molecular weight excluding hydrogens is 176 g/mol. The van der Waals surface area contributed by atoms with E-state index >= 15 is 0 Å². The number of amides is 1. The van der Waals surface area contributed by atoms with Crippen molar-refractivity contribution in [3.63, 3.8) is 0 Å². The Balaban J connectivity index is 2.16. The van der Waals surface area contributed by atoms with Gasteiger partial charge in [-0.2, -0.15) is 0 Å². The van der Waals surface area contributed by atoms with E-state index in [9.17, 15) is 4.79 Å². The first-order valence-corrected chi connectivity index (χ1v) is 4.74. The Morgan fingerprint density at radius 2 is 2.14 bits per heavy atom. The van der Waals surface area contributed by atoms with E-state index in [1.807, 2.05) is 18.2 Å². The average molecular weight is 190 g/mol. The van der Waals surface area contributed by atoms with Crippen molar-refractivity contribution in [2.24, 2.45) is 0 Å². The molecule has 1 aromatic carbocycles. The van der Waals surface area contributed by atoms with Crippen LogP contribution in [0.15, 0.2) is 24.3 Å². The van der Waals surface area contributed by atoms with Crippen LogP contribution >= 0.6 is 0 Å². The highest BCUT2D eigenvalue weighted by molar-refractivity contribution is 5.87. The number of rotatable bonds is 1. The number of likely N-dealkylation sites (N-methyl/N-ethyl adjacent to an activating group) is 1. The molecule has 1 unspecified atom stereocenters. The first-order chi connectivity index (χ1) is 6.68. The van der Waals surface area contributed by atoms with E-state index in [4.69, 9.17) is 0 Å². The molecule has 3 heteroatoms. The molecule has 0 saturated carbocycles. The van der Waals surface area contributed by atoms with Gasteiger partial charge in [-0.25, -0.2) is 0 Å². The number of hydrogen-bond acceptors (Lipinski definition) is 2. The van der Waals surface area contributed by atoms with Gasteiger partial charge in [-0.1, -0.05) is 18.2 Å². The minimum absolute atomic E-state index is 0.0811. The van der Waals surface area contributed by atoms with Gasteiger partial charge in [0.15, 0.2) is 0 Å². The number of carbonyl (C=O) groups excluding carboxylic acids is 1. The summed E-state index contributed by atoms with van der Waals surface area (Å²) in [6.07, 6.45) is 0.799. The van der Waals surface area contributed by atoms with E-state index in [0.29, 0.717) is 0 Å². The molecule has 3 nitrogen and oxygen atoms in total. The molecule has 0 fully saturated rings. The number of anilines is 1. The minimum atomic E-state index is -0.0811. The summed E-state index contributed by atoms with van der Waals surface area (Å²) in [5.41, 5.74) is 2.32. The molecule has 1 heterocycles. The Morgan fingerprint density at radius 1 is 1.43 bits per heavy atom. The Kier molecular flexibility index (Phi) is 2.15. The van der Waals surface area contributed by atoms with Crippen LogP contribution in [0.2, 0.25) is 0 Å². The number of hydrogen-bond donors (Lipinski definition) is 1. The second-order valence-corrected chi connectivity index (χ2v) is 3.79. The maximum Gasteiger partial charge on any atom is 0.244 e. The number of nitrogens with zero attached hydrogens (tertiary/aromatic N) is 1. The van der Waals surface area contributed by atoms with E-state index in [2.05, 4.69) is 11.4 Å². The van der Waals surface area contributed by atoms with Crippen LogP contribution in [0.5, 0.6) is 0 Å². The molecule has 74 valence electrons. The lowest BCUT2D eigenvalue weighted by molar-refractivity contribution is -0.129. The lowest BCUT2D eigenvalue weighted by Crippen LogP contribution is -2.37. The van der Waals surface area contributed by atoms with Crippen LogP contribution in [-0.2, 0) is 11.2 Å². The van der Waals surface area contributed by atoms with Crippen LogP contribution in [-0.4, -0.2) is 30.9 Å². The first kappa shape index (κ1) is 9.06. The SMILES string of the molecule is CN(C)C(=O)C1Cc2ccccc2N1. The molecule has 0 radical (unpaired) electrons. The number of para-hydroxylation sites is 1. The van der Waals surface area contributed by atoms with Crippen molar-refractivity contribution in [1.82, 2.24) is 4.90 Å². The highest BCUT2D eigenvalue weighted by Gasteiger charge is 2.26. The summed E-state index contributed by atoms with van der Waals surface area (Å²) < 4.78 is 0. The Labute approximate surface area is 83.7 Å². The van der Waals surface area contributed by atoms with Crippen LogP contribution in [0.25, 0.3) is 0 Å². The highest BCUT2D eigenvalue weighted by Crippen LogP contribution is 2.25. The van der Waals surface area contributed by atoms with Crippen molar-refractivity contribution in [1.29, 1.82) is 0 Å². The molecule has 0 saturated heterocycles. The molecule has 14 heavy (non-hydrogen) atoms. The Hall–Kier alpha value is -1.51. The smallest absolute Gasteiger partial charge is 0.244 e. The van der Waals surface area contributed by atoms with Crippen LogP contribution in [0.1, 0.15) is 5.56 Å². The summed E-state index contributed by atoms with van der Waals surface area (Å²) in [5.74, 6) is 0.140. The summed E-state index contributed by atoms with van der Waals surface area (Å²) in [6.45, 7) is 0. The average Bonchev–Trinajstić information content (AvgIpc) is 2.59. The van der Waals surface area contributed by atoms with Gasteiger partial charge in [0, 0.05) is 26.2 Å². The molecule has 0 aromatic heterocycles. The second-order valence-electron chi connectivity index (χ2n) is 3.79. The van der Waals surface area contributed by atoms with E-state index in [1.165, 1.54) is 5.56 Å². The monoisotopic (exact) mass is 190 g/mol. The van der Waals surface area contributed by atoms with Gasteiger partial charge in [-0.05, 0) is 11.6 Å². The zero-order valence-electron chi connectivity index (χ0n) is 8.45. The predicted molar refractivity (Wildman–Crippen MR) is 56.3 cm³/mol. The van der Waals surface area contributed by atoms with Crippen LogP contribution in [0.3, 0.4) is 0 Å². The molecule has 1 aromatic rings. The summed E-state index contributed by atoms with van der Waals surface area (Å²) in [6, 6.07) is 7.98. The van der Waals surface area contributed by atoms with Crippen molar-refractivity contribution < 1.29 is 4.79 Å². The van der Waals surface area contributed by atoms with Gasteiger partial charge in [0.1, 0.15) is 6.04 Å². The predicted octanol–water partition coefficient (Wildman–Crippen LogP) is 1.11. The maximum absolute atomic E-state index is 11.7. The molecule has 1 aliphatic rings. The van der Waals surface area contributed by atoms with Crippen molar-refractivity contribution in [2.45, 2.75) is 12.5 Å². The van der Waals surface area contributed by atoms with Gasteiger partial charge in [0.25, 0.3) is 0 Å². The van der Waals surface area contributed by atoms with Crippen molar-refractivity contribution in [2.75, 3.05) is 19.4 Å². The quantitative estimate of drug-likeness (QED) is 0.719. The third-order valence-electron chi connectivity index (χ3n) is 2.51. The lowest BCUT2D eigenvalue weighted by Gasteiger charge is -2.16. The Bertz CT molecular complexity index is 335. The normalized spacial score (nSPS) is 18.6. The molecule has 1 amide bonds. The zero-order valence-corrected chi connectivity index (χ0v) is 8.45. The van der Waals surface area contributed by atoms with Gasteiger partial charge in [-0.3, -0.25) is 4.79 Å². The number of carbonyl (C=O) groups is 1. The molecule has 0 bridgehead atoms. The number of benzene rings is 1. The van der Waals surface area contributed by atoms with Gasteiger partial charge in [-0.15, -0.1) is 0 Å². The lowest BCUT2D eigenvalue weighted by atomic mass is 10.1. The maximum atomic E-state index is 11.7. The summed E-state index contributed by atoms with van der Waals surface area (Å²) in [4.78, 5) is 13.3. The van der Waals surface area contributed by atoms with E-state index in [1.54, 1.807) is 19.0 Å². The van der Waals surface area contributed by atoms with Crippen molar-refractivity contribution in [3.05, 3.63) is 29.8 Å². The fourth-order valence-corrected chi connectivity index (χ4v) is 1.76. The van der Waals surface area contributed by atoms with Crippen LogP contribution < -0.4 is 5.32 Å². The van der Waals surface area contributed by atoms with Crippen molar-refractivity contribution >= 4 is 11.6 Å². The highest BCUT2D eigenvalue weighted by atomic mass is 16.2. The second kappa shape index (κ2) is 3.33. The van der Waals surface area contributed by atoms with Gasteiger partial charge >= 0.3 is 0 Å².